The third kappa shape index (κ3) is 3.40. The molecule has 3 nitrogen and oxygen atoms in total. The number of anilines is 1. The molecular weight excluding hydrogens is 298 g/mol. The van der Waals surface area contributed by atoms with Crippen LogP contribution in [0.4, 0.5) is 5.69 Å². The van der Waals surface area contributed by atoms with Crippen molar-refractivity contribution >= 4 is 22.4 Å². The average molecular weight is 319 g/mol. The summed E-state index contributed by atoms with van der Waals surface area (Å²) >= 11 is 0. The minimum absolute atomic E-state index is 0.149. The smallest absolute Gasteiger partial charge is 0.265 e. The van der Waals surface area contributed by atoms with E-state index < -0.39 is 6.10 Å². The monoisotopic (exact) mass is 319 g/mol. The lowest BCUT2D eigenvalue weighted by Gasteiger charge is -2.17. The number of benzene rings is 3. The van der Waals surface area contributed by atoms with Gasteiger partial charge in [-0.05, 0) is 36.4 Å². The van der Waals surface area contributed by atoms with Gasteiger partial charge in [-0.3, -0.25) is 4.79 Å². The minimum atomic E-state index is -0.583. The van der Waals surface area contributed by atoms with Gasteiger partial charge < -0.3 is 10.1 Å². The van der Waals surface area contributed by atoms with Gasteiger partial charge >= 0.3 is 0 Å². The first-order valence-corrected chi connectivity index (χ1v) is 8.22. The van der Waals surface area contributed by atoms with Gasteiger partial charge in [-0.1, -0.05) is 61.5 Å². The molecule has 0 aliphatic heterocycles. The van der Waals surface area contributed by atoms with E-state index in [1.54, 1.807) is 6.92 Å². The highest BCUT2D eigenvalue weighted by Gasteiger charge is 2.17. The third-order valence-corrected chi connectivity index (χ3v) is 4.08. The molecule has 3 heteroatoms. The lowest BCUT2D eigenvalue weighted by Crippen LogP contribution is -2.30. The molecule has 1 atom stereocenters. The van der Waals surface area contributed by atoms with E-state index in [0.717, 1.165) is 34.2 Å². The molecule has 1 unspecified atom stereocenters. The van der Waals surface area contributed by atoms with Crippen molar-refractivity contribution < 1.29 is 9.53 Å². The first kappa shape index (κ1) is 16.1. The summed E-state index contributed by atoms with van der Waals surface area (Å²) in [6, 6.07) is 21.7. The van der Waals surface area contributed by atoms with Crippen LogP contribution in [0.1, 0.15) is 19.4 Å². The number of ether oxygens (including phenoxy) is 1. The number of carbonyl (C=O) groups is 1. The first-order chi connectivity index (χ1) is 11.7. The maximum atomic E-state index is 12.5. The van der Waals surface area contributed by atoms with E-state index in [-0.39, 0.29) is 5.91 Å². The van der Waals surface area contributed by atoms with Gasteiger partial charge in [0.15, 0.2) is 6.10 Å². The predicted octanol–water partition coefficient (Wildman–Crippen LogP) is 4.81. The molecule has 24 heavy (non-hydrogen) atoms. The number of hydrogen-bond acceptors (Lipinski definition) is 2. The van der Waals surface area contributed by atoms with Gasteiger partial charge in [-0.15, -0.1) is 0 Å². The summed E-state index contributed by atoms with van der Waals surface area (Å²) in [5.41, 5.74) is 1.96. The zero-order valence-electron chi connectivity index (χ0n) is 14.0. The van der Waals surface area contributed by atoms with Crippen molar-refractivity contribution in [2.45, 2.75) is 26.4 Å². The maximum absolute atomic E-state index is 12.5. The number of para-hydroxylation sites is 1. The molecular formula is C21H21NO2. The molecule has 3 rings (SSSR count). The molecule has 1 N–H and O–H groups in total. The Labute approximate surface area is 142 Å². The number of carbonyl (C=O) groups excluding carboxylic acids is 1. The molecule has 0 spiro atoms. The highest BCUT2D eigenvalue weighted by Crippen LogP contribution is 2.26. The molecule has 3 aromatic carbocycles. The number of nitrogens with one attached hydrogen (secondary N) is 1. The number of aryl methyl sites for hydroxylation is 1. The topological polar surface area (TPSA) is 38.3 Å². The Balaban J connectivity index is 1.76. The Morgan fingerprint density at radius 2 is 1.71 bits per heavy atom. The normalized spacial score (nSPS) is 11.9. The molecule has 3 aromatic rings. The Bertz CT molecular complexity index is 852. The molecule has 0 aliphatic carbocycles. The fourth-order valence-electron chi connectivity index (χ4n) is 2.73. The lowest BCUT2D eigenvalue weighted by atomic mass is 10.1. The van der Waals surface area contributed by atoms with E-state index in [1.807, 2.05) is 66.7 Å². The van der Waals surface area contributed by atoms with E-state index in [9.17, 15) is 4.79 Å². The summed E-state index contributed by atoms with van der Waals surface area (Å²) in [6.45, 7) is 3.84. The second kappa shape index (κ2) is 7.18. The fourth-order valence-corrected chi connectivity index (χ4v) is 2.73. The van der Waals surface area contributed by atoms with Gasteiger partial charge in [-0.25, -0.2) is 0 Å². The molecule has 0 saturated carbocycles. The molecule has 0 saturated heterocycles. The summed E-state index contributed by atoms with van der Waals surface area (Å²) in [5, 5.41) is 5.07. The van der Waals surface area contributed by atoms with Crippen LogP contribution in [-0.4, -0.2) is 12.0 Å². The number of amides is 1. The van der Waals surface area contributed by atoms with E-state index in [2.05, 4.69) is 12.2 Å². The van der Waals surface area contributed by atoms with Crippen molar-refractivity contribution in [3.8, 4) is 5.75 Å². The van der Waals surface area contributed by atoms with Crippen LogP contribution in [0.25, 0.3) is 10.8 Å². The van der Waals surface area contributed by atoms with Gasteiger partial charge in [0, 0.05) is 11.1 Å². The van der Waals surface area contributed by atoms with Crippen LogP contribution < -0.4 is 10.1 Å². The van der Waals surface area contributed by atoms with E-state index in [0.29, 0.717) is 0 Å². The van der Waals surface area contributed by atoms with Crippen LogP contribution in [0.15, 0.2) is 66.7 Å². The van der Waals surface area contributed by atoms with Crippen molar-refractivity contribution in [1.82, 2.24) is 0 Å². The summed E-state index contributed by atoms with van der Waals surface area (Å²) in [7, 11) is 0. The molecule has 1 amide bonds. The van der Waals surface area contributed by atoms with Gasteiger partial charge in [0.2, 0.25) is 0 Å². The quantitative estimate of drug-likeness (QED) is 0.733. The van der Waals surface area contributed by atoms with Gasteiger partial charge in [-0.2, -0.15) is 0 Å². The molecule has 122 valence electrons. The minimum Gasteiger partial charge on any atom is -0.480 e. The largest absolute Gasteiger partial charge is 0.480 e. The van der Waals surface area contributed by atoms with Gasteiger partial charge in [0.1, 0.15) is 5.75 Å². The average Bonchev–Trinajstić information content (AvgIpc) is 2.62. The highest BCUT2D eigenvalue weighted by molar-refractivity contribution is 5.95. The van der Waals surface area contributed by atoms with Crippen molar-refractivity contribution in [2.24, 2.45) is 0 Å². The standard InChI is InChI=1S/C21H21NO2/c1-3-16-9-5-7-13-19(16)22-21(23)15(2)24-20-14-8-11-17-10-4-6-12-18(17)20/h4-15H,3H2,1-2H3,(H,22,23). The van der Waals surface area contributed by atoms with Crippen LogP contribution in [-0.2, 0) is 11.2 Å². The van der Waals surface area contributed by atoms with Crippen molar-refractivity contribution in [2.75, 3.05) is 5.32 Å². The number of fused-ring (bicyclic) bond motifs is 1. The highest BCUT2D eigenvalue weighted by atomic mass is 16.5. The van der Waals surface area contributed by atoms with Crippen LogP contribution in [0, 0.1) is 0 Å². The number of rotatable bonds is 5. The number of hydrogen-bond donors (Lipinski definition) is 1. The Hall–Kier alpha value is -2.81. The van der Waals surface area contributed by atoms with Crippen LogP contribution in [0.5, 0.6) is 5.75 Å². The van der Waals surface area contributed by atoms with Crippen molar-refractivity contribution in [3.05, 3.63) is 72.3 Å². The fraction of sp³-hybridized carbons (Fsp3) is 0.190. The maximum Gasteiger partial charge on any atom is 0.265 e. The molecule has 0 radical (unpaired) electrons. The molecule has 0 heterocycles. The molecule has 0 bridgehead atoms. The van der Waals surface area contributed by atoms with Crippen molar-refractivity contribution in [1.29, 1.82) is 0 Å². The summed E-state index contributed by atoms with van der Waals surface area (Å²) in [4.78, 5) is 12.5. The predicted molar refractivity (Wildman–Crippen MR) is 98.5 cm³/mol. The Morgan fingerprint density at radius 1 is 1.00 bits per heavy atom. The molecule has 0 fully saturated rings. The van der Waals surface area contributed by atoms with E-state index in [1.165, 1.54) is 0 Å². The summed E-state index contributed by atoms with van der Waals surface area (Å²) in [5.74, 6) is 0.573. The van der Waals surface area contributed by atoms with Gasteiger partial charge in [0.25, 0.3) is 5.91 Å². The van der Waals surface area contributed by atoms with Crippen molar-refractivity contribution in [3.63, 3.8) is 0 Å². The second-order valence-corrected chi connectivity index (χ2v) is 5.74. The molecule has 0 aliphatic rings. The Morgan fingerprint density at radius 3 is 2.54 bits per heavy atom. The van der Waals surface area contributed by atoms with Crippen LogP contribution >= 0.6 is 0 Å². The second-order valence-electron chi connectivity index (χ2n) is 5.74. The summed E-state index contributed by atoms with van der Waals surface area (Å²) in [6.07, 6.45) is 0.287. The lowest BCUT2D eigenvalue weighted by molar-refractivity contribution is -0.122. The first-order valence-electron chi connectivity index (χ1n) is 8.22. The van der Waals surface area contributed by atoms with Crippen LogP contribution in [0.3, 0.4) is 0 Å². The van der Waals surface area contributed by atoms with E-state index >= 15 is 0 Å². The van der Waals surface area contributed by atoms with Gasteiger partial charge in [0.05, 0.1) is 0 Å². The zero-order chi connectivity index (χ0) is 16.9. The SMILES string of the molecule is CCc1ccccc1NC(=O)C(C)Oc1cccc2ccccc12. The van der Waals surface area contributed by atoms with Crippen LogP contribution in [0.2, 0.25) is 0 Å². The molecule has 0 aromatic heterocycles. The summed E-state index contributed by atoms with van der Waals surface area (Å²) < 4.78 is 5.92. The third-order valence-electron chi connectivity index (χ3n) is 4.08. The Kier molecular flexibility index (Phi) is 4.80. The van der Waals surface area contributed by atoms with E-state index in [4.69, 9.17) is 4.74 Å². The zero-order valence-corrected chi connectivity index (χ0v) is 14.0.